The fraction of sp³-hybridized carbons (Fsp3) is 0.435. The van der Waals surface area contributed by atoms with Gasteiger partial charge in [-0.05, 0) is 56.5 Å². The topological polar surface area (TPSA) is 96.2 Å². The first-order valence-electron chi connectivity index (χ1n) is 10.7. The molecular formula is C23H30N4O4. The van der Waals surface area contributed by atoms with Crippen molar-refractivity contribution >= 4 is 23.5 Å². The summed E-state index contributed by atoms with van der Waals surface area (Å²) in [5, 5.41) is 6.15. The molecule has 1 aromatic heterocycles. The highest BCUT2D eigenvalue weighted by Crippen LogP contribution is 2.19. The Morgan fingerprint density at radius 1 is 1.26 bits per heavy atom. The lowest BCUT2D eigenvalue weighted by molar-refractivity contribution is -0.149. The van der Waals surface area contributed by atoms with Crippen molar-refractivity contribution in [2.75, 3.05) is 31.6 Å². The Labute approximate surface area is 182 Å². The van der Waals surface area contributed by atoms with E-state index < -0.39 is 0 Å². The third-order valence-electron chi connectivity index (χ3n) is 5.02. The zero-order valence-corrected chi connectivity index (χ0v) is 18.1. The maximum absolute atomic E-state index is 12.2. The normalized spacial score (nSPS) is 16.6. The van der Waals surface area contributed by atoms with Gasteiger partial charge in [-0.2, -0.15) is 0 Å². The largest absolute Gasteiger partial charge is 0.466 e. The molecule has 1 unspecified atom stereocenters. The lowest BCUT2D eigenvalue weighted by atomic mass is 9.98. The second-order valence-electron chi connectivity index (χ2n) is 7.34. The van der Waals surface area contributed by atoms with Crippen molar-refractivity contribution in [3.63, 3.8) is 0 Å². The van der Waals surface area contributed by atoms with Crippen LogP contribution in [0.5, 0.6) is 0 Å². The van der Waals surface area contributed by atoms with Gasteiger partial charge in [-0.3, -0.25) is 9.59 Å². The summed E-state index contributed by atoms with van der Waals surface area (Å²) in [6, 6.07) is 10.9. The summed E-state index contributed by atoms with van der Waals surface area (Å²) in [6.45, 7) is 6.88. The summed E-state index contributed by atoms with van der Waals surface area (Å²) in [4.78, 5) is 31.2. The second kappa shape index (κ2) is 11.2. The third kappa shape index (κ3) is 6.34. The van der Waals surface area contributed by atoms with Gasteiger partial charge in [0, 0.05) is 25.3 Å². The van der Waals surface area contributed by atoms with Crippen molar-refractivity contribution in [2.45, 2.75) is 33.2 Å². The van der Waals surface area contributed by atoms with Crippen LogP contribution in [0.3, 0.4) is 0 Å². The molecule has 1 fully saturated rings. The van der Waals surface area contributed by atoms with Crippen molar-refractivity contribution in [1.29, 1.82) is 0 Å². The van der Waals surface area contributed by atoms with E-state index in [9.17, 15) is 9.59 Å². The van der Waals surface area contributed by atoms with Crippen LogP contribution < -0.4 is 10.6 Å². The zero-order valence-electron chi connectivity index (χ0n) is 18.1. The average Bonchev–Trinajstić information content (AvgIpc) is 3.32. The number of piperidine rings is 1. The number of ether oxygens (including phenoxy) is 1. The van der Waals surface area contributed by atoms with Gasteiger partial charge in [0.2, 0.25) is 0 Å². The van der Waals surface area contributed by atoms with E-state index in [1.54, 1.807) is 12.1 Å². The van der Waals surface area contributed by atoms with E-state index in [-0.39, 0.29) is 23.6 Å². The van der Waals surface area contributed by atoms with Crippen LogP contribution >= 0.6 is 0 Å². The van der Waals surface area contributed by atoms with Crippen LogP contribution in [0.15, 0.2) is 52.1 Å². The van der Waals surface area contributed by atoms with Gasteiger partial charge in [0.25, 0.3) is 5.91 Å². The van der Waals surface area contributed by atoms with Crippen LogP contribution in [0.2, 0.25) is 0 Å². The van der Waals surface area contributed by atoms with Crippen LogP contribution in [-0.2, 0) is 16.1 Å². The molecule has 2 heterocycles. The Bertz CT molecular complexity index is 895. The molecule has 166 valence electrons. The van der Waals surface area contributed by atoms with Crippen LogP contribution in [0.1, 0.15) is 42.8 Å². The summed E-state index contributed by atoms with van der Waals surface area (Å²) < 4.78 is 10.3. The number of aliphatic imine (C=N–C) groups is 1. The molecule has 1 amide bonds. The molecule has 2 N–H and O–H groups in total. The number of amides is 1. The SMILES string of the molecule is CCNC(=NCc1cccc(NC(=O)c2ccco2)c1)N1CCCC(C(=O)OCC)C1. The van der Waals surface area contributed by atoms with Gasteiger partial charge >= 0.3 is 5.97 Å². The summed E-state index contributed by atoms with van der Waals surface area (Å²) in [5.41, 5.74) is 1.64. The highest BCUT2D eigenvalue weighted by atomic mass is 16.5. The lowest BCUT2D eigenvalue weighted by Crippen LogP contribution is -2.48. The molecule has 1 aliphatic heterocycles. The number of nitrogens with zero attached hydrogens (tertiary/aromatic N) is 2. The Morgan fingerprint density at radius 2 is 2.13 bits per heavy atom. The first-order chi connectivity index (χ1) is 15.1. The van der Waals surface area contributed by atoms with Crippen LogP contribution in [-0.4, -0.2) is 49.0 Å². The van der Waals surface area contributed by atoms with E-state index in [1.165, 1.54) is 6.26 Å². The fourth-order valence-corrected chi connectivity index (χ4v) is 3.56. The summed E-state index contributed by atoms with van der Waals surface area (Å²) in [6.07, 6.45) is 3.23. The van der Waals surface area contributed by atoms with Gasteiger partial charge in [0.1, 0.15) is 0 Å². The predicted molar refractivity (Wildman–Crippen MR) is 119 cm³/mol. The highest BCUT2D eigenvalue weighted by molar-refractivity contribution is 6.02. The number of furan rings is 1. The molecule has 1 aliphatic rings. The van der Waals surface area contributed by atoms with Crippen molar-refractivity contribution in [2.24, 2.45) is 10.9 Å². The Balaban J connectivity index is 1.66. The molecule has 31 heavy (non-hydrogen) atoms. The number of hydrogen-bond acceptors (Lipinski definition) is 5. The molecule has 0 bridgehead atoms. The smallest absolute Gasteiger partial charge is 0.310 e. The number of guanidine groups is 1. The highest BCUT2D eigenvalue weighted by Gasteiger charge is 2.28. The Kier molecular flexibility index (Phi) is 8.09. The van der Waals surface area contributed by atoms with E-state index >= 15 is 0 Å². The molecule has 0 aliphatic carbocycles. The average molecular weight is 427 g/mol. The molecule has 1 saturated heterocycles. The molecule has 3 rings (SSSR count). The molecule has 1 atom stereocenters. The molecule has 2 aromatic rings. The fourth-order valence-electron chi connectivity index (χ4n) is 3.56. The van der Waals surface area contributed by atoms with Gasteiger partial charge < -0.3 is 24.7 Å². The summed E-state index contributed by atoms with van der Waals surface area (Å²) >= 11 is 0. The maximum atomic E-state index is 12.2. The number of hydrogen-bond donors (Lipinski definition) is 2. The van der Waals surface area contributed by atoms with Crippen molar-refractivity contribution < 1.29 is 18.7 Å². The minimum absolute atomic E-state index is 0.127. The van der Waals surface area contributed by atoms with E-state index in [2.05, 4.69) is 15.5 Å². The van der Waals surface area contributed by atoms with Crippen LogP contribution in [0.25, 0.3) is 0 Å². The minimum Gasteiger partial charge on any atom is -0.466 e. The molecular weight excluding hydrogens is 396 g/mol. The second-order valence-corrected chi connectivity index (χ2v) is 7.34. The number of likely N-dealkylation sites (tertiary alicyclic amines) is 1. The number of carbonyl (C=O) groups is 2. The third-order valence-corrected chi connectivity index (χ3v) is 5.02. The number of esters is 1. The Morgan fingerprint density at radius 3 is 2.87 bits per heavy atom. The zero-order chi connectivity index (χ0) is 22.1. The summed E-state index contributed by atoms with van der Waals surface area (Å²) in [7, 11) is 0. The maximum Gasteiger partial charge on any atom is 0.310 e. The first kappa shape index (κ1) is 22.4. The van der Waals surface area contributed by atoms with E-state index in [0.29, 0.717) is 25.4 Å². The molecule has 0 radical (unpaired) electrons. The van der Waals surface area contributed by atoms with Crippen molar-refractivity contribution in [1.82, 2.24) is 10.2 Å². The predicted octanol–water partition coefficient (Wildman–Crippen LogP) is 3.27. The molecule has 8 nitrogen and oxygen atoms in total. The van der Waals surface area contributed by atoms with Gasteiger partial charge in [-0.1, -0.05) is 12.1 Å². The van der Waals surface area contributed by atoms with E-state index in [1.807, 2.05) is 38.1 Å². The van der Waals surface area contributed by atoms with Crippen molar-refractivity contribution in [3.8, 4) is 0 Å². The lowest BCUT2D eigenvalue weighted by Gasteiger charge is -2.34. The van der Waals surface area contributed by atoms with E-state index in [4.69, 9.17) is 14.1 Å². The van der Waals surface area contributed by atoms with Crippen LogP contribution in [0, 0.1) is 5.92 Å². The van der Waals surface area contributed by atoms with E-state index in [0.717, 1.165) is 37.5 Å². The molecule has 1 aromatic carbocycles. The number of nitrogens with one attached hydrogen (secondary N) is 2. The van der Waals surface area contributed by atoms with Gasteiger partial charge in [-0.15, -0.1) is 0 Å². The first-order valence-corrected chi connectivity index (χ1v) is 10.7. The van der Waals surface area contributed by atoms with Gasteiger partial charge in [0.15, 0.2) is 11.7 Å². The standard InChI is InChI=1S/C23H30N4O4/c1-3-24-23(27-12-6-9-18(16-27)22(29)30-4-2)25-15-17-8-5-10-19(14-17)26-21(28)20-11-7-13-31-20/h5,7-8,10-11,13-14,18H,3-4,6,9,12,15-16H2,1-2H3,(H,24,25)(H,26,28). The van der Waals surface area contributed by atoms with Gasteiger partial charge in [0.05, 0.1) is 25.3 Å². The summed E-state index contributed by atoms with van der Waals surface area (Å²) in [5.74, 6) is 0.485. The number of anilines is 1. The number of rotatable bonds is 7. The van der Waals surface area contributed by atoms with Crippen LogP contribution in [0.4, 0.5) is 5.69 Å². The molecule has 0 spiro atoms. The number of carbonyl (C=O) groups excluding carboxylic acids is 2. The Hall–Kier alpha value is -3.29. The molecule has 8 heteroatoms. The molecule has 0 saturated carbocycles. The van der Waals surface area contributed by atoms with Crippen molar-refractivity contribution in [3.05, 3.63) is 54.0 Å². The minimum atomic E-state index is -0.294. The monoisotopic (exact) mass is 426 g/mol. The number of benzene rings is 1. The quantitative estimate of drug-likeness (QED) is 0.401. The van der Waals surface area contributed by atoms with Gasteiger partial charge in [-0.25, -0.2) is 4.99 Å².